The van der Waals surface area contributed by atoms with Crippen LogP contribution in [0.15, 0.2) is 152 Å². The van der Waals surface area contributed by atoms with E-state index in [1.54, 1.807) is 42.5 Å². The molecular weight excluding hydrogens is 832 g/mol. The van der Waals surface area contributed by atoms with Crippen molar-refractivity contribution in [2.75, 3.05) is 52.9 Å². The summed E-state index contributed by atoms with van der Waals surface area (Å²) in [6.07, 6.45) is 1.08. The molecule has 0 radical (unpaired) electrons. The molecule has 11 heteroatoms. The number of hydrogen-bond donors (Lipinski definition) is 2. The van der Waals surface area contributed by atoms with E-state index in [1.165, 1.54) is 22.3 Å². The molecule has 3 atom stereocenters. The lowest BCUT2D eigenvalue weighted by atomic mass is 9.54. The number of hydrogen-bond acceptors (Lipinski definition) is 10. The van der Waals surface area contributed by atoms with Crippen LogP contribution in [0, 0.1) is 5.92 Å². The number of rotatable bonds is 18. The molecule has 6 aromatic rings. The molecule has 0 heterocycles. The molecule has 4 aliphatic rings. The van der Waals surface area contributed by atoms with Gasteiger partial charge in [0.1, 0.15) is 49.1 Å². The Morgan fingerprint density at radius 3 is 1.62 bits per heavy atom. The predicted molar refractivity (Wildman–Crippen MR) is 240 cm³/mol. The van der Waals surface area contributed by atoms with Gasteiger partial charge in [-0.25, -0.2) is 4.79 Å². The first-order valence-corrected chi connectivity index (χ1v) is 21.7. The molecule has 6 aromatic carbocycles. The summed E-state index contributed by atoms with van der Waals surface area (Å²) in [6, 6.07) is 45.5. The van der Waals surface area contributed by atoms with Crippen molar-refractivity contribution < 1.29 is 48.2 Å². The lowest BCUT2D eigenvalue weighted by Gasteiger charge is -2.53. The molecule has 326 valence electrons. The van der Waals surface area contributed by atoms with E-state index >= 15 is 0 Å². The fourth-order valence-corrected chi connectivity index (χ4v) is 9.95. The molecule has 0 saturated carbocycles. The fourth-order valence-electron chi connectivity index (χ4n) is 9.78. The Kier molecular flexibility index (Phi) is 12.1. The number of carbonyl (C=O) groups excluding carboxylic acids is 2. The second kappa shape index (κ2) is 18.1. The monoisotopic (exact) mass is 878 g/mol. The predicted octanol–water partition coefficient (Wildman–Crippen LogP) is 8.27. The van der Waals surface area contributed by atoms with Crippen molar-refractivity contribution in [2.24, 2.45) is 5.92 Å². The maximum Gasteiger partial charge on any atom is 0.330 e. The van der Waals surface area contributed by atoms with E-state index in [-0.39, 0.29) is 46.1 Å². The fraction of sp³-hybridized carbons (Fsp3) is 0.245. The second-order valence-corrected chi connectivity index (χ2v) is 16.4. The highest BCUT2D eigenvalue weighted by atomic mass is 35.5. The van der Waals surface area contributed by atoms with Gasteiger partial charge in [-0.15, -0.1) is 0 Å². The van der Waals surface area contributed by atoms with Gasteiger partial charge in [0.2, 0.25) is 0 Å². The number of benzene rings is 6. The molecule has 0 aliphatic heterocycles. The molecule has 0 amide bonds. The minimum Gasteiger partial charge on any atom is -0.491 e. The summed E-state index contributed by atoms with van der Waals surface area (Å²) >= 11 is 6.30. The van der Waals surface area contributed by atoms with Gasteiger partial charge in [0.15, 0.2) is 0 Å². The summed E-state index contributed by atoms with van der Waals surface area (Å²) in [5, 5.41) is 24.7. The first kappa shape index (κ1) is 43.0. The van der Waals surface area contributed by atoms with Crippen molar-refractivity contribution in [2.45, 2.75) is 23.0 Å². The number of carbonyl (C=O) groups is 2. The third-order valence-corrected chi connectivity index (χ3v) is 12.8. The van der Waals surface area contributed by atoms with E-state index < -0.39 is 34.5 Å². The van der Waals surface area contributed by atoms with E-state index in [0.29, 0.717) is 52.0 Å². The highest BCUT2D eigenvalue weighted by Crippen LogP contribution is 2.60. The third kappa shape index (κ3) is 7.55. The molecule has 0 fully saturated rings. The van der Waals surface area contributed by atoms with Gasteiger partial charge < -0.3 is 38.6 Å². The molecule has 4 aliphatic carbocycles. The molecule has 2 bridgehead atoms. The van der Waals surface area contributed by atoms with Crippen molar-refractivity contribution in [3.05, 3.63) is 202 Å². The van der Waals surface area contributed by atoms with Crippen LogP contribution < -0.4 is 9.47 Å². The van der Waals surface area contributed by atoms with Gasteiger partial charge in [0.05, 0.1) is 37.8 Å². The largest absolute Gasteiger partial charge is 0.491 e. The lowest BCUT2D eigenvalue weighted by molar-refractivity contribution is -0.168. The topological polar surface area (TPSA) is 130 Å². The summed E-state index contributed by atoms with van der Waals surface area (Å²) < 4.78 is 34.0. The maximum absolute atomic E-state index is 13.6. The van der Waals surface area contributed by atoms with Crippen LogP contribution in [-0.2, 0) is 45.2 Å². The van der Waals surface area contributed by atoms with Gasteiger partial charge in [0, 0.05) is 17.5 Å². The van der Waals surface area contributed by atoms with Gasteiger partial charge in [-0.3, -0.25) is 4.79 Å². The Morgan fingerprint density at radius 2 is 1.06 bits per heavy atom. The summed E-state index contributed by atoms with van der Waals surface area (Å²) in [7, 11) is 0. The van der Waals surface area contributed by atoms with E-state index in [4.69, 9.17) is 40.0 Å². The van der Waals surface area contributed by atoms with Gasteiger partial charge in [0.25, 0.3) is 0 Å². The van der Waals surface area contributed by atoms with Gasteiger partial charge >= 0.3 is 11.9 Å². The van der Waals surface area contributed by atoms with Crippen LogP contribution in [0.25, 0.3) is 11.1 Å². The van der Waals surface area contributed by atoms with Crippen LogP contribution in [0.2, 0.25) is 5.02 Å². The number of ether oxygens (including phenoxy) is 6. The number of aliphatic hydroxyl groups is 2. The Hall–Kier alpha value is -6.27. The minimum atomic E-state index is -1.68. The smallest absolute Gasteiger partial charge is 0.330 e. The van der Waals surface area contributed by atoms with Crippen molar-refractivity contribution >= 4 is 23.5 Å². The van der Waals surface area contributed by atoms with Crippen molar-refractivity contribution in [3.8, 4) is 22.6 Å². The van der Waals surface area contributed by atoms with E-state index in [2.05, 4.69) is 79.4 Å². The van der Waals surface area contributed by atoms with E-state index in [9.17, 15) is 19.8 Å². The van der Waals surface area contributed by atoms with E-state index in [1.807, 2.05) is 24.3 Å². The molecule has 2 N–H and O–H groups in total. The Balaban J connectivity index is 0.818. The van der Waals surface area contributed by atoms with Crippen LogP contribution in [0.4, 0.5) is 0 Å². The molecule has 0 spiro atoms. The minimum absolute atomic E-state index is 0.0309. The normalized spacial score (nSPS) is 19.4. The SMILES string of the molecule is C=CC(=O)OCCOCCOc1ccc(C2(c3ccc(OCCOCCOC(=O)C4CC5(O)c6ccccc6C4(O)c4ccc(Cl)cc45)cc3)c3ccccc3-c3ccccc32)cc1. The zero-order valence-electron chi connectivity index (χ0n) is 35.0. The van der Waals surface area contributed by atoms with Crippen LogP contribution in [0.5, 0.6) is 11.5 Å². The molecule has 0 aromatic heterocycles. The first-order valence-electron chi connectivity index (χ1n) is 21.3. The maximum atomic E-state index is 13.6. The molecule has 10 rings (SSSR count). The summed E-state index contributed by atoms with van der Waals surface area (Å²) in [5.41, 5.74) is 5.07. The van der Waals surface area contributed by atoms with E-state index in [0.717, 1.165) is 17.2 Å². The second-order valence-electron chi connectivity index (χ2n) is 16.0. The first-order chi connectivity index (χ1) is 31.2. The molecule has 0 saturated heterocycles. The molecule has 3 unspecified atom stereocenters. The zero-order chi connectivity index (χ0) is 44.3. The molecular formula is C53H47ClO10. The zero-order valence-corrected chi connectivity index (χ0v) is 35.8. The van der Waals surface area contributed by atoms with Gasteiger partial charge in [-0.05, 0) is 92.0 Å². The summed E-state index contributed by atoms with van der Waals surface area (Å²) in [6.45, 7) is 5.10. The average Bonchev–Trinajstić information content (AvgIpc) is 3.63. The molecule has 10 nitrogen and oxygen atoms in total. The quantitative estimate of drug-likeness (QED) is 0.0494. The van der Waals surface area contributed by atoms with Crippen molar-refractivity contribution in [1.29, 1.82) is 0 Å². The summed E-state index contributed by atoms with van der Waals surface area (Å²) in [5.74, 6) is -0.738. The lowest BCUT2D eigenvalue weighted by Crippen LogP contribution is -2.57. The van der Waals surface area contributed by atoms with Crippen LogP contribution in [0.3, 0.4) is 0 Å². The third-order valence-electron chi connectivity index (χ3n) is 12.5. The van der Waals surface area contributed by atoms with Crippen LogP contribution >= 0.6 is 11.6 Å². The van der Waals surface area contributed by atoms with Crippen molar-refractivity contribution in [3.63, 3.8) is 0 Å². The number of esters is 2. The average molecular weight is 879 g/mol. The van der Waals surface area contributed by atoms with Gasteiger partial charge in [-0.1, -0.05) is 121 Å². The van der Waals surface area contributed by atoms with Crippen LogP contribution in [0.1, 0.15) is 50.9 Å². The number of halogens is 1. The van der Waals surface area contributed by atoms with Crippen molar-refractivity contribution in [1.82, 2.24) is 0 Å². The standard InChI is InChI=1S/C53H47ClO10/c1-2-49(55)63-31-27-59-25-29-61-38-20-15-35(16-21-38)52(42-11-5-3-9-40(42)41-10-4-6-12-43(41)52)36-17-22-39(23-18-36)62-30-26-60-28-32-64-50(56)48-34-51(57)44-13-7-8-14-45(44)53(48,58)46-24-19-37(54)33-47(46)51/h2-24,33,48,57-58H,1,25-32,34H2. The van der Waals surface area contributed by atoms with Crippen LogP contribution in [-0.4, -0.2) is 75.0 Å². The summed E-state index contributed by atoms with van der Waals surface area (Å²) in [4.78, 5) is 24.8. The Morgan fingerprint density at radius 1 is 0.578 bits per heavy atom. The Labute approximate surface area is 376 Å². The molecule has 64 heavy (non-hydrogen) atoms. The van der Waals surface area contributed by atoms with Gasteiger partial charge in [-0.2, -0.15) is 0 Å². The highest BCUT2D eigenvalue weighted by molar-refractivity contribution is 6.30. The highest BCUT2D eigenvalue weighted by Gasteiger charge is 2.62. The Bertz CT molecular complexity index is 2630. The number of fused-ring (bicyclic) bond motifs is 4.